The molecule has 6 atom stereocenters. The highest BCUT2D eigenvalue weighted by atomic mass is 16.5. The lowest BCUT2D eigenvalue weighted by Crippen LogP contribution is -2.57. The van der Waals surface area contributed by atoms with Crippen molar-refractivity contribution in [1.82, 2.24) is 14.7 Å². The highest BCUT2D eigenvalue weighted by Gasteiger charge is 2.80. The van der Waals surface area contributed by atoms with Gasteiger partial charge in [0.05, 0.1) is 17.4 Å². The molecule has 3 aliphatic rings. The van der Waals surface area contributed by atoms with Crippen molar-refractivity contribution < 1.29 is 24.2 Å². The lowest BCUT2D eigenvalue weighted by atomic mass is 9.62. The molecule has 0 aliphatic carbocycles. The van der Waals surface area contributed by atoms with Gasteiger partial charge in [-0.3, -0.25) is 14.4 Å². The minimum absolute atomic E-state index is 0.0298. The van der Waals surface area contributed by atoms with E-state index in [9.17, 15) is 19.5 Å². The van der Waals surface area contributed by atoms with Crippen LogP contribution in [0.1, 0.15) is 45.6 Å². The van der Waals surface area contributed by atoms with Gasteiger partial charge in [0.25, 0.3) is 0 Å². The molecule has 1 aromatic carbocycles. The third kappa shape index (κ3) is 4.82. The van der Waals surface area contributed by atoms with E-state index in [-0.39, 0.29) is 36.8 Å². The molecule has 0 radical (unpaired) electrons. The van der Waals surface area contributed by atoms with Gasteiger partial charge in [-0.1, -0.05) is 56.3 Å². The van der Waals surface area contributed by atoms with Crippen LogP contribution in [0.4, 0.5) is 0 Å². The monoisotopic (exact) mass is 537 g/mol. The molecular formula is C31H43N3O5. The first-order valence-corrected chi connectivity index (χ1v) is 14.1. The SMILES string of the molecule is C=CCN(Cc1ccccc1)C(=O)C1N(CCCO)C(=O)[C@@H]2[C@H](C(=O)N(CC=C)CCC)[C@@]3(C)OC12CC3C. The fourth-order valence-corrected chi connectivity index (χ4v) is 7.15. The van der Waals surface area contributed by atoms with E-state index in [0.717, 1.165) is 12.0 Å². The normalized spacial score (nSPS) is 30.8. The third-order valence-corrected chi connectivity index (χ3v) is 8.90. The van der Waals surface area contributed by atoms with Gasteiger partial charge in [-0.15, -0.1) is 13.2 Å². The first-order chi connectivity index (χ1) is 18.7. The van der Waals surface area contributed by atoms with Crippen molar-refractivity contribution in [2.75, 3.05) is 32.8 Å². The minimum atomic E-state index is -1.11. The van der Waals surface area contributed by atoms with Gasteiger partial charge < -0.3 is 24.5 Å². The first-order valence-electron chi connectivity index (χ1n) is 14.1. The zero-order valence-electron chi connectivity index (χ0n) is 23.6. The van der Waals surface area contributed by atoms with E-state index < -0.39 is 29.1 Å². The molecule has 3 unspecified atom stereocenters. The maximum absolute atomic E-state index is 14.4. The van der Waals surface area contributed by atoms with Crippen LogP contribution in [0.5, 0.6) is 0 Å². The highest BCUT2D eigenvalue weighted by molar-refractivity contribution is 5.99. The number of nitrogens with zero attached hydrogens (tertiary/aromatic N) is 3. The van der Waals surface area contributed by atoms with Crippen molar-refractivity contribution in [3.05, 3.63) is 61.2 Å². The molecular weight excluding hydrogens is 494 g/mol. The van der Waals surface area contributed by atoms with Crippen LogP contribution >= 0.6 is 0 Å². The molecule has 0 aromatic heterocycles. The van der Waals surface area contributed by atoms with Crippen LogP contribution < -0.4 is 0 Å². The van der Waals surface area contributed by atoms with Crippen LogP contribution in [0.2, 0.25) is 0 Å². The summed E-state index contributed by atoms with van der Waals surface area (Å²) in [7, 11) is 0. The molecule has 39 heavy (non-hydrogen) atoms. The molecule has 1 aromatic rings. The van der Waals surface area contributed by atoms with Crippen LogP contribution in [0, 0.1) is 17.8 Å². The summed E-state index contributed by atoms with van der Waals surface area (Å²) in [4.78, 5) is 47.8. The van der Waals surface area contributed by atoms with Crippen molar-refractivity contribution in [1.29, 1.82) is 0 Å². The number of likely N-dealkylation sites (tertiary alicyclic amines) is 1. The number of carbonyl (C=O) groups excluding carboxylic acids is 3. The maximum Gasteiger partial charge on any atom is 0.248 e. The van der Waals surface area contributed by atoms with Gasteiger partial charge in [0.15, 0.2) is 0 Å². The Kier molecular flexibility index (Phi) is 8.66. The van der Waals surface area contributed by atoms with E-state index in [1.165, 1.54) is 0 Å². The van der Waals surface area contributed by atoms with Gasteiger partial charge in [0.2, 0.25) is 17.7 Å². The van der Waals surface area contributed by atoms with E-state index in [1.807, 2.05) is 44.2 Å². The summed E-state index contributed by atoms with van der Waals surface area (Å²) in [6, 6.07) is 8.83. The first kappa shape index (κ1) is 29.0. The second-order valence-corrected chi connectivity index (χ2v) is 11.4. The predicted octanol–water partition coefficient (Wildman–Crippen LogP) is 3.02. The average molecular weight is 538 g/mol. The molecule has 8 nitrogen and oxygen atoms in total. The molecule has 212 valence electrons. The van der Waals surface area contributed by atoms with Crippen molar-refractivity contribution in [3.8, 4) is 0 Å². The molecule has 1 spiro atoms. The van der Waals surface area contributed by atoms with E-state index in [0.29, 0.717) is 39.0 Å². The fraction of sp³-hybridized carbons (Fsp3) is 0.581. The number of aliphatic hydroxyl groups is 1. The third-order valence-electron chi connectivity index (χ3n) is 8.90. The molecule has 3 fully saturated rings. The van der Waals surface area contributed by atoms with Crippen molar-refractivity contribution in [3.63, 3.8) is 0 Å². The van der Waals surface area contributed by atoms with Crippen molar-refractivity contribution in [2.24, 2.45) is 17.8 Å². The van der Waals surface area contributed by atoms with E-state index in [1.54, 1.807) is 26.9 Å². The Balaban J connectivity index is 1.78. The van der Waals surface area contributed by atoms with Crippen molar-refractivity contribution in [2.45, 2.75) is 63.8 Å². The van der Waals surface area contributed by atoms with Crippen LogP contribution in [-0.2, 0) is 25.7 Å². The summed E-state index contributed by atoms with van der Waals surface area (Å²) in [6.45, 7) is 15.4. The number of amides is 3. The molecule has 3 aliphatic heterocycles. The summed E-state index contributed by atoms with van der Waals surface area (Å²) in [5, 5.41) is 9.62. The van der Waals surface area contributed by atoms with E-state index in [2.05, 4.69) is 20.1 Å². The van der Waals surface area contributed by atoms with Gasteiger partial charge >= 0.3 is 0 Å². The molecule has 1 N–H and O–H groups in total. The molecule has 3 heterocycles. The lowest BCUT2D eigenvalue weighted by Gasteiger charge is -2.39. The predicted molar refractivity (Wildman–Crippen MR) is 149 cm³/mol. The lowest BCUT2D eigenvalue weighted by molar-refractivity contribution is -0.155. The Morgan fingerprint density at radius 1 is 1.15 bits per heavy atom. The topological polar surface area (TPSA) is 90.4 Å². The Labute approximate surface area is 232 Å². The van der Waals surface area contributed by atoms with Gasteiger partial charge in [-0.05, 0) is 37.7 Å². The minimum Gasteiger partial charge on any atom is -0.396 e. The average Bonchev–Trinajstić information content (AvgIpc) is 3.43. The fourth-order valence-electron chi connectivity index (χ4n) is 7.15. The summed E-state index contributed by atoms with van der Waals surface area (Å²) in [6.07, 6.45) is 5.02. The molecule has 8 heteroatoms. The smallest absolute Gasteiger partial charge is 0.248 e. The standard InChI is InChI=1S/C31H43N3O5/c1-6-15-32(16-7-2)27(36)24-25-28(37)34(18-12-19-35)26(31(25)20-22(4)30(24,5)39-31)29(38)33(17-8-3)21-23-13-10-9-11-14-23/h6,8-11,13-14,22,24-26,35H,1,3,7,12,15-21H2,2,4-5H3/t22?,24-,25+,26?,30+,31?/m1/s1. The Morgan fingerprint density at radius 3 is 2.44 bits per heavy atom. The number of aliphatic hydroxyl groups excluding tert-OH is 1. The Bertz CT molecular complexity index is 1090. The molecule has 3 saturated heterocycles. The number of benzene rings is 1. The summed E-state index contributed by atoms with van der Waals surface area (Å²) in [5.41, 5.74) is -1.01. The molecule has 3 amide bonds. The van der Waals surface area contributed by atoms with Crippen LogP contribution in [0.3, 0.4) is 0 Å². The largest absolute Gasteiger partial charge is 0.396 e. The number of rotatable bonds is 13. The van der Waals surface area contributed by atoms with Gasteiger partial charge in [-0.25, -0.2) is 0 Å². The van der Waals surface area contributed by atoms with E-state index in [4.69, 9.17) is 4.74 Å². The summed E-state index contributed by atoms with van der Waals surface area (Å²) < 4.78 is 6.85. The van der Waals surface area contributed by atoms with Crippen molar-refractivity contribution >= 4 is 17.7 Å². The van der Waals surface area contributed by atoms with Crippen LogP contribution in [-0.4, -0.2) is 87.6 Å². The number of fused-ring (bicyclic) bond motifs is 1. The zero-order chi connectivity index (χ0) is 28.4. The second-order valence-electron chi connectivity index (χ2n) is 11.4. The Hall–Kier alpha value is -2.97. The molecule has 0 saturated carbocycles. The quantitative estimate of drug-likeness (QED) is 0.391. The zero-order valence-corrected chi connectivity index (χ0v) is 23.6. The van der Waals surface area contributed by atoms with Gasteiger partial charge in [0, 0.05) is 39.3 Å². The highest BCUT2D eigenvalue weighted by Crippen LogP contribution is 2.65. The molecule has 2 bridgehead atoms. The maximum atomic E-state index is 14.4. The number of hydrogen-bond donors (Lipinski definition) is 1. The summed E-state index contributed by atoms with van der Waals surface area (Å²) in [5.74, 6) is -2.05. The summed E-state index contributed by atoms with van der Waals surface area (Å²) >= 11 is 0. The molecule has 4 rings (SSSR count). The Morgan fingerprint density at radius 2 is 1.82 bits per heavy atom. The van der Waals surface area contributed by atoms with Gasteiger partial charge in [-0.2, -0.15) is 0 Å². The van der Waals surface area contributed by atoms with Gasteiger partial charge in [0.1, 0.15) is 11.6 Å². The van der Waals surface area contributed by atoms with Crippen LogP contribution in [0.15, 0.2) is 55.6 Å². The number of hydrogen-bond acceptors (Lipinski definition) is 5. The number of ether oxygens (including phenoxy) is 1. The van der Waals surface area contributed by atoms with Crippen LogP contribution in [0.25, 0.3) is 0 Å². The second kappa shape index (κ2) is 11.6. The number of carbonyl (C=O) groups is 3. The van der Waals surface area contributed by atoms with E-state index >= 15 is 0 Å².